The summed E-state index contributed by atoms with van der Waals surface area (Å²) in [7, 11) is 1.18. The highest BCUT2D eigenvalue weighted by Gasteiger charge is 2.76. The normalized spacial score (nSPS) is 31.2. The number of amides is 4. The number of aromatic hydroxyl groups is 1. The van der Waals surface area contributed by atoms with Gasteiger partial charge >= 0.3 is 6.18 Å². The molecule has 1 aromatic heterocycles. The van der Waals surface area contributed by atoms with Crippen molar-refractivity contribution in [3.05, 3.63) is 63.3 Å². The van der Waals surface area contributed by atoms with Crippen molar-refractivity contribution in [3.8, 4) is 5.75 Å². The van der Waals surface area contributed by atoms with Gasteiger partial charge in [0.25, 0.3) is 23.6 Å². The van der Waals surface area contributed by atoms with E-state index in [1.54, 1.807) is 6.08 Å². The molecule has 1 saturated carbocycles. The first-order chi connectivity index (χ1) is 21.0. The van der Waals surface area contributed by atoms with Crippen molar-refractivity contribution in [3.63, 3.8) is 0 Å². The first-order valence-corrected chi connectivity index (χ1v) is 16.0. The van der Waals surface area contributed by atoms with E-state index in [2.05, 4.69) is 20.9 Å². The van der Waals surface area contributed by atoms with Crippen LogP contribution in [0.3, 0.4) is 0 Å². The zero-order valence-corrected chi connectivity index (χ0v) is 27.4. The van der Waals surface area contributed by atoms with E-state index in [9.17, 15) is 37.5 Å². The lowest BCUT2D eigenvalue weighted by Gasteiger charge is -2.50. The van der Waals surface area contributed by atoms with Crippen LogP contribution in [-0.2, 0) is 25.4 Å². The van der Waals surface area contributed by atoms with Crippen LogP contribution < -0.4 is 5.01 Å². The molecule has 4 amide bonds. The van der Waals surface area contributed by atoms with Crippen molar-refractivity contribution < 1.29 is 37.5 Å². The van der Waals surface area contributed by atoms with Gasteiger partial charge in [-0.3, -0.25) is 29.1 Å². The molecule has 1 aromatic carbocycles. The Morgan fingerprint density at radius 2 is 1.76 bits per heavy atom. The second-order valence-corrected chi connectivity index (χ2v) is 13.8. The summed E-state index contributed by atoms with van der Waals surface area (Å²) in [4.78, 5) is 55.6. The number of phenolic OH excluding ortho intramolecular Hbond substituents is 1. The number of aromatic nitrogens is 1. The number of fused-ring (bicyclic) bond motifs is 4. The van der Waals surface area contributed by atoms with Crippen molar-refractivity contribution in [2.45, 2.75) is 34.7 Å². The minimum atomic E-state index is -4.83. The summed E-state index contributed by atoms with van der Waals surface area (Å²) >= 11 is 29.8. The molecule has 2 saturated heterocycles. The van der Waals surface area contributed by atoms with Crippen molar-refractivity contribution in [1.82, 2.24) is 14.9 Å². The number of carbonyl (C=O) groups excluding carboxylic acids is 4. The topological polar surface area (TPSA) is 111 Å². The molecule has 6 unspecified atom stereocenters. The van der Waals surface area contributed by atoms with Crippen LogP contribution in [0.15, 0.2) is 42.0 Å². The number of likely N-dealkylation sites (tertiary alicyclic amines) is 1. The number of benzene rings is 1. The highest BCUT2D eigenvalue weighted by atomic mass is 79.9. The maximum atomic E-state index is 14.1. The van der Waals surface area contributed by atoms with Gasteiger partial charge < -0.3 is 5.11 Å². The average Bonchev–Trinajstić information content (AvgIpc) is 3.31. The lowest BCUT2D eigenvalue weighted by atomic mass is 9.56. The van der Waals surface area contributed by atoms with Crippen LogP contribution in [-0.4, -0.2) is 65.9 Å². The van der Waals surface area contributed by atoms with Gasteiger partial charge in [-0.1, -0.05) is 50.8 Å². The number of imide groups is 2. The summed E-state index contributed by atoms with van der Waals surface area (Å²) in [6.07, 6.45) is -3.56. The number of anilines is 1. The smallest absolute Gasteiger partial charge is 0.433 e. The first kappa shape index (κ1) is 32.4. The van der Waals surface area contributed by atoms with E-state index in [1.807, 2.05) is 0 Å². The highest BCUT2D eigenvalue weighted by Crippen LogP contribution is 2.66. The lowest BCUT2D eigenvalue weighted by molar-refractivity contribution is -0.142. The molecule has 0 bridgehead atoms. The Morgan fingerprint density at radius 3 is 2.40 bits per heavy atom. The molecule has 6 atom stereocenters. The quantitative estimate of drug-likeness (QED) is 0.179. The Morgan fingerprint density at radius 1 is 1.07 bits per heavy atom. The monoisotopic (exact) mass is 768 g/mol. The van der Waals surface area contributed by atoms with Crippen LogP contribution in [0.1, 0.15) is 30.0 Å². The highest BCUT2D eigenvalue weighted by molar-refractivity contribution is 9.09. The van der Waals surface area contributed by atoms with Crippen LogP contribution in [0.4, 0.5) is 19.0 Å². The van der Waals surface area contributed by atoms with Gasteiger partial charge in [0.1, 0.15) is 11.4 Å². The third-order valence-electron chi connectivity index (χ3n) is 9.02. The van der Waals surface area contributed by atoms with Gasteiger partial charge in [0.15, 0.2) is 15.6 Å². The minimum Gasteiger partial charge on any atom is -0.508 e. The fourth-order valence-corrected chi connectivity index (χ4v) is 8.87. The van der Waals surface area contributed by atoms with E-state index in [4.69, 9.17) is 46.4 Å². The summed E-state index contributed by atoms with van der Waals surface area (Å²) in [6.45, 7) is 0. The average molecular weight is 771 g/mol. The SMILES string of the molecule is CN(c1nc(C(F)(F)F)ccc1Cl)N1C(=O)C2CC=C3C(CC4(Cl)C(=O)N(CBr)C(=O)C4(Cl)C3c3cc(Cl)ccc3O)C2C1=O. The number of carbonyl (C=O) groups is 4. The molecule has 9 nitrogen and oxygen atoms in total. The Hall–Kier alpha value is -2.58. The Bertz CT molecular complexity index is 1730. The standard InChI is InChI=1S/C28H20BrCl4F3N4O5/c1-38(21-16(31)5-7-18(37-21)28(34,35)36)40-22(42)13-4-3-12-15(19(13)23(40)43)9-26(32)24(44)39(10-29)25(45)27(26,33)20(12)14-8-11(30)2-6-17(14)41/h2-3,5-8,13,15,19-20,41H,4,9-10H2,1H3. The minimum absolute atomic E-state index is 0.0282. The van der Waals surface area contributed by atoms with E-state index in [0.29, 0.717) is 16.6 Å². The van der Waals surface area contributed by atoms with Crippen molar-refractivity contribution >= 4 is 91.8 Å². The third-order valence-corrected chi connectivity index (χ3v) is 11.5. The van der Waals surface area contributed by atoms with Gasteiger partial charge in [0, 0.05) is 23.6 Å². The number of halogens is 8. The molecular formula is C28H20BrCl4F3N4O5. The fourth-order valence-electron chi connectivity index (χ4n) is 7.05. The second kappa shape index (κ2) is 10.7. The van der Waals surface area contributed by atoms with E-state index in [-0.39, 0.29) is 39.7 Å². The van der Waals surface area contributed by atoms with Gasteiger partial charge in [0.2, 0.25) is 0 Å². The number of hydrogen-bond donors (Lipinski definition) is 1. The molecule has 2 aromatic rings. The van der Waals surface area contributed by atoms with Crippen LogP contribution in [0.2, 0.25) is 10.0 Å². The van der Waals surface area contributed by atoms with Crippen LogP contribution in [0, 0.1) is 17.8 Å². The molecular weight excluding hydrogens is 751 g/mol. The zero-order chi connectivity index (χ0) is 33.0. The number of rotatable bonds is 4. The molecule has 3 fully saturated rings. The van der Waals surface area contributed by atoms with E-state index >= 15 is 0 Å². The van der Waals surface area contributed by atoms with Gasteiger partial charge in [0.05, 0.1) is 22.3 Å². The van der Waals surface area contributed by atoms with E-state index < -0.39 is 74.7 Å². The van der Waals surface area contributed by atoms with Crippen LogP contribution in [0.5, 0.6) is 5.75 Å². The lowest BCUT2D eigenvalue weighted by Crippen LogP contribution is -2.60. The number of hydrazine groups is 1. The summed E-state index contributed by atoms with van der Waals surface area (Å²) in [6, 6.07) is 5.72. The number of hydrogen-bond acceptors (Lipinski definition) is 7. The maximum Gasteiger partial charge on any atom is 0.433 e. The van der Waals surface area contributed by atoms with Crippen LogP contribution in [0.25, 0.3) is 0 Å². The number of phenols is 1. The molecule has 1 N–H and O–H groups in total. The number of nitrogens with zero attached hydrogens (tertiary/aromatic N) is 4. The summed E-state index contributed by atoms with van der Waals surface area (Å²) in [5, 5.41) is 12.4. The Kier molecular flexibility index (Phi) is 7.72. The maximum absolute atomic E-state index is 14.1. The Labute approximate surface area is 281 Å². The van der Waals surface area contributed by atoms with E-state index in [0.717, 1.165) is 16.0 Å². The van der Waals surface area contributed by atoms with Gasteiger partial charge in [-0.05, 0) is 49.1 Å². The van der Waals surface area contributed by atoms with Gasteiger partial charge in [-0.15, -0.1) is 23.2 Å². The summed E-state index contributed by atoms with van der Waals surface area (Å²) in [5.74, 6) is -8.36. The third kappa shape index (κ3) is 4.44. The summed E-state index contributed by atoms with van der Waals surface area (Å²) < 4.78 is 40.4. The summed E-state index contributed by atoms with van der Waals surface area (Å²) in [5.41, 5.74) is -1.05. The molecule has 0 spiro atoms. The Balaban J connectivity index is 1.48. The van der Waals surface area contributed by atoms with Crippen molar-refractivity contribution in [1.29, 1.82) is 0 Å². The largest absolute Gasteiger partial charge is 0.508 e. The molecule has 2 aliphatic heterocycles. The zero-order valence-electron chi connectivity index (χ0n) is 22.8. The second-order valence-electron chi connectivity index (χ2n) is 11.2. The molecule has 4 aliphatic rings. The molecule has 0 radical (unpaired) electrons. The van der Waals surface area contributed by atoms with Gasteiger partial charge in [-0.25, -0.2) is 4.98 Å². The van der Waals surface area contributed by atoms with Crippen molar-refractivity contribution in [2.75, 3.05) is 17.5 Å². The number of pyridine rings is 1. The first-order valence-electron chi connectivity index (χ1n) is 13.3. The predicted molar refractivity (Wildman–Crippen MR) is 161 cm³/mol. The van der Waals surface area contributed by atoms with Gasteiger partial charge in [-0.2, -0.15) is 18.2 Å². The molecule has 45 heavy (non-hydrogen) atoms. The molecule has 238 valence electrons. The molecule has 17 heteroatoms. The molecule has 6 rings (SSSR count). The van der Waals surface area contributed by atoms with Crippen LogP contribution >= 0.6 is 62.3 Å². The van der Waals surface area contributed by atoms with Crippen molar-refractivity contribution in [2.24, 2.45) is 17.8 Å². The number of allylic oxidation sites excluding steroid dienone is 2. The molecule has 2 aliphatic carbocycles. The molecule has 3 heterocycles. The number of alkyl halides is 6. The fraction of sp³-hybridized carbons (Fsp3) is 0.393. The predicted octanol–water partition coefficient (Wildman–Crippen LogP) is 5.88. The van der Waals surface area contributed by atoms with E-state index in [1.165, 1.54) is 25.2 Å².